The van der Waals surface area contributed by atoms with E-state index in [-0.39, 0.29) is 28.4 Å². The number of aliphatic hydroxyl groups excluding tert-OH is 1. The number of halogens is 1. The average Bonchev–Trinajstić information content (AvgIpc) is 3.77. The monoisotopic (exact) mass is 689 g/mol. The van der Waals surface area contributed by atoms with E-state index in [1.165, 1.54) is 22.7 Å². The molecule has 0 radical (unpaired) electrons. The molecule has 0 spiro atoms. The quantitative estimate of drug-likeness (QED) is 0.0374. The number of ether oxygens (including phenoxy) is 3. The lowest BCUT2D eigenvalue weighted by Gasteiger charge is -2.23. The maximum Gasteiger partial charge on any atom is 0.301 e. The Morgan fingerprint density at radius 3 is 2.69 bits per heavy atom. The summed E-state index contributed by atoms with van der Waals surface area (Å²) in [5, 5.41) is 20.4. The Balaban J connectivity index is 1.40. The number of hydrogen-bond acceptors (Lipinski definition) is 10. The minimum absolute atomic E-state index is 0.00878. The summed E-state index contributed by atoms with van der Waals surface area (Å²) in [6.07, 6.45) is 3.63. The Bertz CT molecular complexity index is 1860. The van der Waals surface area contributed by atoms with Crippen molar-refractivity contribution in [3.63, 3.8) is 0 Å². The number of carbonyl (C=O) groups excluding carboxylic acids is 2. The first-order valence-corrected chi connectivity index (χ1v) is 17.8. The second kappa shape index (κ2) is 14.8. The fourth-order valence-corrected chi connectivity index (χ4v) is 7.65. The molecule has 48 heavy (non-hydrogen) atoms. The summed E-state index contributed by atoms with van der Waals surface area (Å²) in [6.45, 7) is 6.83. The van der Waals surface area contributed by atoms with Gasteiger partial charge in [0.2, 0.25) is 5.13 Å². The van der Waals surface area contributed by atoms with Crippen LogP contribution in [-0.4, -0.2) is 46.3 Å². The van der Waals surface area contributed by atoms with Gasteiger partial charge in [0.15, 0.2) is 15.8 Å². The van der Waals surface area contributed by atoms with Crippen LogP contribution in [0.4, 0.5) is 9.52 Å². The van der Waals surface area contributed by atoms with Crippen molar-refractivity contribution in [2.24, 2.45) is 0 Å². The van der Waals surface area contributed by atoms with Crippen molar-refractivity contribution in [1.82, 2.24) is 10.2 Å². The zero-order valence-electron chi connectivity index (χ0n) is 26.9. The Labute approximate surface area is 286 Å². The summed E-state index contributed by atoms with van der Waals surface area (Å²) < 4.78 is 32.6. The van der Waals surface area contributed by atoms with Gasteiger partial charge >= 0.3 is 5.91 Å². The number of benzene rings is 3. The molecule has 6 rings (SSSR count). The first-order chi connectivity index (χ1) is 23.3. The fourth-order valence-electron chi connectivity index (χ4n) is 5.80. The molecule has 0 aliphatic carbocycles. The Morgan fingerprint density at radius 1 is 1.06 bits per heavy atom. The van der Waals surface area contributed by atoms with Crippen molar-refractivity contribution >= 4 is 45.7 Å². The van der Waals surface area contributed by atoms with Crippen LogP contribution in [0.1, 0.15) is 68.3 Å². The predicted octanol–water partition coefficient (Wildman–Crippen LogP) is 7.89. The van der Waals surface area contributed by atoms with Gasteiger partial charge in [0.25, 0.3) is 5.78 Å². The van der Waals surface area contributed by atoms with E-state index in [4.69, 9.17) is 14.2 Å². The lowest BCUT2D eigenvalue weighted by atomic mass is 9.94. The van der Waals surface area contributed by atoms with Crippen molar-refractivity contribution in [3.05, 3.63) is 94.3 Å². The second-order valence-corrected chi connectivity index (χ2v) is 13.7. The number of Topliss-reactive ketones (excluding diaryl/α,β-unsaturated/α-hetero) is 1. The highest BCUT2D eigenvalue weighted by atomic mass is 32.2. The van der Waals surface area contributed by atoms with E-state index < -0.39 is 17.7 Å². The molecule has 0 unspecified atom stereocenters. The largest absolute Gasteiger partial charge is 0.507 e. The third kappa shape index (κ3) is 6.91. The van der Waals surface area contributed by atoms with Crippen LogP contribution in [0.15, 0.2) is 70.6 Å². The van der Waals surface area contributed by atoms with E-state index in [9.17, 15) is 19.1 Å². The lowest BCUT2D eigenvalue weighted by Crippen LogP contribution is -2.29. The molecule has 1 fully saturated rings. The molecular formula is C36H36FN3O6S2. The first-order valence-electron chi connectivity index (χ1n) is 16.0. The standard InChI is InChI=1S/C36H36FN3O6S2/c1-4-6-9-16-45-28-15-12-22(19-29(28)44-5-2)31-30(32(41)23-13-14-27-25(18-23)17-21(3)46-27)33(42)34(43)40(31)35-38-39-36(48-35)47-20-24-10-7-8-11-26(24)37/h7-8,10-15,18-19,21,31,41H,4-6,9,16-17,20H2,1-3H3/b32-30+/t21-,31+/m0/s1. The number of aliphatic hydroxyl groups is 1. The molecule has 2 aliphatic rings. The number of nitrogens with zero attached hydrogens (tertiary/aromatic N) is 3. The third-order valence-corrected chi connectivity index (χ3v) is 10.2. The SMILES string of the molecule is CCCCCOc1ccc([C@@H]2/C(=C(\O)c3ccc4c(c3)C[C@H](C)O4)C(=O)C(=O)N2c2nnc(SCc3ccccc3F)s2)cc1OCC. The van der Waals surface area contributed by atoms with Crippen LogP contribution in [0.25, 0.3) is 5.76 Å². The topological polar surface area (TPSA) is 111 Å². The van der Waals surface area contributed by atoms with E-state index >= 15 is 0 Å². The zero-order valence-corrected chi connectivity index (χ0v) is 28.5. The number of unbranched alkanes of at least 4 members (excludes halogenated alkanes) is 2. The van der Waals surface area contributed by atoms with Gasteiger partial charge < -0.3 is 19.3 Å². The molecule has 2 atom stereocenters. The summed E-state index contributed by atoms with van der Waals surface area (Å²) in [7, 11) is 0. The highest BCUT2D eigenvalue weighted by Gasteiger charge is 2.48. The molecule has 4 aromatic rings. The summed E-state index contributed by atoms with van der Waals surface area (Å²) in [5.74, 6) is -0.294. The number of hydrogen-bond donors (Lipinski definition) is 1. The van der Waals surface area contributed by atoms with E-state index in [1.807, 2.05) is 13.8 Å². The molecule has 0 bridgehead atoms. The van der Waals surface area contributed by atoms with Crippen molar-refractivity contribution in [2.45, 2.75) is 68.7 Å². The molecule has 250 valence electrons. The molecular weight excluding hydrogens is 654 g/mol. The minimum atomic E-state index is -1.04. The van der Waals surface area contributed by atoms with Gasteiger partial charge in [-0.25, -0.2) is 4.39 Å². The van der Waals surface area contributed by atoms with E-state index in [0.29, 0.717) is 57.9 Å². The second-order valence-electron chi connectivity index (χ2n) is 11.5. The lowest BCUT2D eigenvalue weighted by molar-refractivity contribution is -0.132. The Kier molecular flexibility index (Phi) is 10.3. The highest BCUT2D eigenvalue weighted by molar-refractivity contribution is 8.00. The molecule has 1 N–H and O–H groups in total. The number of anilines is 1. The van der Waals surface area contributed by atoms with E-state index in [2.05, 4.69) is 17.1 Å². The molecule has 12 heteroatoms. The molecule has 2 aliphatic heterocycles. The van der Waals surface area contributed by atoms with Crippen LogP contribution in [0.3, 0.4) is 0 Å². The number of aromatic nitrogens is 2. The van der Waals surface area contributed by atoms with Crippen LogP contribution >= 0.6 is 23.1 Å². The minimum Gasteiger partial charge on any atom is -0.507 e. The van der Waals surface area contributed by atoms with Crippen LogP contribution in [0.2, 0.25) is 0 Å². The van der Waals surface area contributed by atoms with E-state index in [1.54, 1.807) is 54.6 Å². The first kappa shape index (κ1) is 33.5. The smallest absolute Gasteiger partial charge is 0.301 e. The highest BCUT2D eigenvalue weighted by Crippen LogP contribution is 2.46. The van der Waals surface area contributed by atoms with Crippen molar-refractivity contribution in [2.75, 3.05) is 18.1 Å². The number of thioether (sulfide) groups is 1. The molecule has 3 heterocycles. The van der Waals surface area contributed by atoms with Gasteiger partial charge in [-0.05, 0) is 73.4 Å². The maximum atomic E-state index is 14.3. The van der Waals surface area contributed by atoms with E-state index in [0.717, 1.165) is 41.9 Å². The number of rotatable bonds is 13. The molecule has 9 nitrogen and oxygen atoms in total. The molecule has 1 saturated heterocycles. The Morgan fingerprint density at radius 2 is 1.90 bits per heavy atom. The third-order valence-electron chi connectivity index (χ3n) is 8.11. The van der Waals surface area contributed by atoms with Gasteiger partial charge in [0, 0.05) is 17.7 Å². The molecule has 0 saturated carbocycles. The number of fused-ring (bicyclic) bond motifs is 1. The van der Waals surface area contributed by atoms with Crippen LogP contribution in [0, 0.1) is 5.82 Å². The summed E-state index contributed by atoms with van der Waals surface area (Å²) in [4.78, 5) is 28.9. The van der Waals surface area contributed by atoms with Gasteiger partial charge in [0.1, 0.15) is 23.4 Å². The number of carbonyl (C=O) groups is 2. The van der Waals surface area contributed by atoms with Gasteiger partial charge in [-0.3, -0.25) is 14.5 Å². The van der Waals surface area contributed by atoms with Crippen LogP contribution in [-0.2, 0) is 21.8 Å². The number of ketones is 1. The van der Waals surface area contributed by atoms with Crippen LogP contribution < -0.4 is 19.1 Å². The fraction of sp³-hybridized carbons (Fsp3) is 0.333. The summed E-state index contributed by atoms with van der Waals surface area (Å²) >= 11 is 2.39. The Hall–Kier alpha value is -4.42. The van der Waals surface area contributed by atoms with Crippen molar-refractivity contribution in [1.29, 1.82) is 0 Å². The van der Waals surface area contributed by atoms with Gasteiger partial charge in [-0.2, -0.15) is 0 Å². The maximum absolute atomic E-state index is 14.3. The summed E-state index contributed by atoms with van der Waals surface area (Å²) in [6, 6.07) is 15.9. The normalized spacial score (nSPS) is 18.2. The zero-order chi connectivity index (χ0) is 33.8. The molecule has 1 amide bonds. The molecule has 1 aromatic heterocycles. The van der Waals surface area contributed by atoms with Crippen LogP contribution in [0.5, 0.6) is 17.2 Å². The summed E-state index contributed by atoms with van der Waals surface area (Å²) in [5.41, 5.74) is 2.25. The van der Waals surface area contributed by atoms with Gasteiger partial charge in [-0.15, -0.1) is 10.2 Å². The number of amides is 1. The predicted molar refractivity (Wildman–Crippen MR) is 184 cm³/mol. The molecule has 3 aromatic carbocycles. The van der Waals surface area contributed by atoms with Gasteiger partial charge in [-0.1, -0.05) is 67.1 Å². The average molecular weight is 690 g/mol. The van der Waals surface area contributed by atoms with Crippen molar-refractivity contribution in [3.8, 4) is 17.2 Å². The van der Waals surface area contributed by atoms with Gasteiger partial charge in [0.05, 0.1) is 24.8 Å². The van der Waals surface area contributed by atoms with Crippen molar-refractivity contribution < 1.29 is 33.3 Å².